The molecular formula is C12H18N2S. The first kappa shape index (κ1) is 9.76. The van der Waals surface area contributed by atoms with Crippen molar-refractivity contribution in [3.8, 4) is 0 Å². The van der Waals surface area contributed by atoms with Gasteiger partial charge < -0.3 is 4.57 Å². The number of imidazole rings is 1. The van der Waals surface area contributed by atoms with Crippen molar-refractivity contribution >= 4 is 11.8 Å². The van der Waals surface area contributed by atoms with Gasteiger partial charge in [0.2, 0.25) is 0 Å². The van der Waals surface area contributed by atoms with Crippen LogP contribution < -0.4 is 0 Å². The molecule has 1 aromatic heterocycles. The molecule has 3 rings (SSSR count). The van der Waals surface area contributed by atoms with Crippen LogP contribution in [0.1, 0.15) is 55.3 Å². The predicted octanol–water partition coefficient (Wildman–Crippen LogP) is 3.35. The summed E-state index contributed by atoms with van der Waals surface area (Å²) in [4.78, 5) is 4.67. The van der Waals surface area contributed by atoms with Crippen LogP contribution in [-0.4, -0.2) is 15.3 Å². The van der Waals surface area contributed by atoms with Gasteiger partial charge in [0.15, 0.2) is 0 Å². The van der Waals surface area contributed by atoms with E-state index in [2.05, 4.69) is 34.4 Å². The molecule has 3 heterocycles. The quantitative estimate of drug-likeness (QED) is 0.725. The van der Waals surface area contributed by atoms with E-state index in [9.17, 15) is 0 Å². The summed E-state index contributed by atoms with van der Waals surface area (Å²) in [6.45, 7) is 3.53. The van der Waals surface area contributed by atoms with Crippen LogP contribution in [0.4, 0.5) is 0 Å². The Morgan fingerprint density at radius 2 is 2.33 bits per heavy atom. The molecule has 2 atom stereocenters. The van der Waals surface area contributed by atoms with E-state index in [1.165, 1.54) is 49.5 Å². The lowest BCUT2D eigenvalue weighted by Crippen LogP contribution is -2.16. The maximum atomic E-state index is 4.67. The van der Waals surface area contributed by atoms with Crippen molar-refractivity contribution in [2.45, 2.75) is 50.3 Å². The van der Waals surface area contributed by atoms with Crippen molar-refractivity contribution in [2.24, 2.45) is 0 Å². The summed E-state index contributed by atoms with van der Waals surface area (Å²) in [5, 5.41) is 0.684. The summed E-state index contributed by atoms with van der Waals surface area (Å²) in [6.07, 6.45) is 7.48. The van der Waals surface area contributed by atoms with Gasteiger partial charge in [-0.3, -0.25) is 0 Å². The maximum Gasteiger partial charge on any atom is 0.122 e. The Kier molecular flexibility index (Phi) is 2.51. The monoisotopic (exact) mass is 222 g/mol. The standard InChI is InChI=1S/C12H18N2S/c1-9-4-2-6-14-10(9)8-13-12(14)11-5-3-7-15-11/h8-9,11H,2-7H2,1H3. The topological polar surface area (TPSA) is 17.8 Å². The average Bonchev–Trinajstić information content (AvgIpc) is 2.85. The van der Waals surface area contributed by atoms with E-state index in [4.69, 9.17) is 0 Å². The number of hydrogen-bond donors (Lipinski definition) is 0. The zero-order valence-electron chi connectivity index (χ0n) is 9.28. The summed E-state index contributed by atoms with van der Waals surface area (Å²) in [5.41, 5.74) is 1.48. The Hall–Kier alpha value is -0.440. The van der Waals surface area contributed by atoms with E-state index in [1.54, 1.807) is 0 Å². The Morgan fingerprint density at radius 3 is 3.13 bits per heavy atom. The summed E-state index contributed by atoms with van der Waals surface area (Å²) in [6, 6.07) is 0. The molecule has 3 heteroatoms. The molecule has 0 bridgehead atoms. The van der Waals surface area contributed by atoms with Crippen LogP contribution in [0.2, 0.25) is 0 Å². The smallest absolute Gasteiger partial charge is 0.122 e. The fourth-order valence-electron chi connectivity index (χ4n) is 2.78. The molecule has 0 saturated carbocycles. The third-order valence-electron chi connectivity index (χ3n) is 3.66. The van der Waals surface area contributed by atoms with Gasteiger partial charge in [-0.1, -0.05) is 6.92 Å². The van der Waals surface area contributed by atoms with E-state index < -0.39 is 0 Å². The third kappa shape index (κ3) is 1.61. The van der Waals surface area contributed by atoms with Crippen molar-refractivity contribution in [3.63, 3.8) is 0 Å². The van der Waals surface area contributed by atoms with E-state index in [0.717, 1.165) is 0 Å². The number of aromatic nitrogens is 2. The summed E-state index contributed by atoms with van der Waals surface area (Å²) in [5.74, 6) is 3.40. The fourth-order valence-corrected chi connectivity index (χ4v) is 4.07. The van der Waals surface area contributed by atoms with Crippen molar-refractivity contribution in [1.29, 1.82) is 0 Å². The Labute approximate surface area is 95.5 Å². The van der Waals surface area contributed by atoms with Crippen molar-refractivity contribution < 1.29 is 0 Å². The highest BCUT2D eigenvalue weighted by molar-refractivity contribution is 7.99. The van der Waals surface area contributed by atoms with Gasteiger partial charge in [0.25, 0.3) is 0 Å². The highest BCUT2D eigenvalue weighted by Crippen LogP contribution is 2.41. The number of fused-ring (bicyclic) bond motifs is 1. The van der Waals surface area contributed by atoms with Crippen LogP contribution in [-0.2, 0) is 6.54 Å². The van der Waals surface area contributed by atoms with E-state index >= 15 is 0 Å². The number of nitrogens with zero attached hydrogens (tertiary/aromatic N) is 2. The van der Waals surface area contributed by atoms with Crippen LogP contribution in [0.3, 0.4) is 0 Å². The molecule has 1 saturated heterocycles. The second-order valence-electron chi connectivity index (χ2n) is 4.74. The molecule has 0 aromatic carbocycles. The molecule has 0 N–H and O–H groups in total. The molecule has 82 valence electrons. The first-order valence-corrected chi connectivity index (χ1v) is 7.08. The molecule has 1 fully saturated rings. The predicted molar refractivity (Wildman–Crippen MR) is 64.3 cm³/mol. The molecule has 2 unspecified atom stereocenters. The molecule has 0 amide bonds. The van der Waals surface area contributed by atoms with Crippen LogP contribution in [0.25, 0.3) is 0 Å². The molecule has 0 radical (unpaired) electrons. The molecule has 0 spiro atoms. The highest BCUT2D eigenvalue weighted by Gasteiger charge is 2.26. The lowest BCUT2D eigenvalue weighted by molar-refractivity contribution is 0.461. The van der Waals surface area contributed by atoms with E-state index in [-0.39, 0.29) is 0 Å². The molecular weight excluding hydrogens is 204 g/mol. The zero-order chi connectivity index (χ0) is 10.3. The van der Waals surface area contributed by atoms with Gasteiger partial charge in [-0.15, -0.1) is 0 Å². The normalized spacial score (nSPS) is 30.5. The molecule has 1 aromatic rings. The average molecular weight is 222 g/mol. The summed E-state index contributed by atoms with van der Waals surface area (Å²) < 4.78 is 2.50. The van der Waals surface area contributed by atoms with Gasteiger partial charge in [-0.2, -0.15) is 11.8 Å². The lowest BCUT2D eigenvalue weighted by atomic mass is 9.99. The van der Waals surface area contributed by atoms with Gasteiger partial charge in [0, 0.05) is 18.4 Å². The lowest BCUT2D eigenvalue weighted by Gasteiger charge is -2.23. The molecule has 15 heavy (non-hydrogen) atoms. The van der Waals surface area contributed by atoms with Crippen molar-refractivity contribution in [2.75, 3.05) is 5.75 Å². The van der Waals surface area contributed by atoms with Crippen LogP contribution in [0.15, 0.2) is 6.20 Å². The van der Waals surface area contributed by atoms with E-state index in [0.29, 0.717) is 11.2 Å². The highest BCUT2D eigenvalue weighted by atomic mass is 32.2. The fraction of sp³-hybridized carbons (Fsp3) is 0.750. The maximum absolute atomic E-state index is 4.67. The number of rotatable bonds is 1. The Morgan fingerprint density at radius 1 is 1.40 bits per heavy atom. The molecule has 2 nitrogen and oxygen atoms in total. The number of hydrogen-bond acceptors (Lipinski definition) is 2. The van der Waals surface area contributed by atoms with Crippen LogP contribution >= 0.6 is 11.8 Å². The molecule has 2 aliphatic rings. The van der Waals surface area contributed by atoms with Gasteiger partial charge in [0.1, 0.15) is 5.82 Å². The first-order valence-electron chi connectivity index (χ1n) is 6.03. The van der Waals surface area contributed by atoms with Gasteiger partial charge in [0.05, 0.1) is 5.25 Å². The van der Waals surface area contributed by atoms with Crippen LogP contribution in [0, 0.1) is 0 Å². The molecule has 2 aliphatic heterocycles. The van der Waals surface area contributed by atoms with Gasteiger partial charge in [-0.25, -0.2) is 4.98 Å². The van der Waals surface area contributed by atoms with E-state index in [1.807, 2.05) is 0 Å². The van der Waals surface area contributed by atoms with Gasteiger partial charge in [-0.05, 0) is 37.4 Å². The Bertz CT molecular complexity index is 353. The van der Waals surface area contributed by atoms with Crippen molar-refractivity contribution in [3.05, 3.63) is 17.7 Å². The Balaban J connectivity index is 1.95. The first-order chi connectivity index (χ1) is 7.36. The zero-order valence-corrected chi connectivity index (χ0v) is 10.1. The third-order valence-corrected chi connectivity index (χ3v) is 5.03. The van der Waals surface area contributed by atoms with Crippen molar-refractivity contribution in [1.82, 2.24) is 9.55 Å². The SMILES string of the molecule is CC1CCCn2c1cnc2C1CCCS1. The number of thioether (sulfide) groups is 1. The van der Waals surface area contributed by atoms with Gasteiger partial charge >= 0.3 is 0 Å². The molecule has 0 aliphatic carbocycles. The summed E-state index contributed by atoms with van der Waals surface area (Å²) in [7, 11) is 0. The largest absolute Gasteiger partial charge is 0.331 e. The minimum atomic E-state index is 0.684. The minimum Gasteiger partial charge on any atom is -0.331 e. The minimum absolute atomic E-state index is 0.684. The second kappa shape index (κ2) is 3.85. The van der Waals surface area contributed by atoms with Crippen LogP contribution in [0.5, 0.6) is 0 Å². The second-order valence-corrected chi connectivity index (χ2v) is 6.05. The summed E-state index contributed by atoms with van der Waals surface area (Å²) >= 11 is 2.09.